The van der Waals surface area contributed by atoms with Crippen LogP contribution in [0.4, 0.5) is 17.6 Å². The molecule has 0 atom stereocenters. The van der Waals surface area contributed by atoms with Crippen molar-refractivity contribution in [2.75, 3.05) is 0 Å². The van der Waals surface area contributed by atoms with Crippen molar-refractivity contribution in [2.24, 2.45) is 0 Å². The zero-order chi connectivity index (χ0) is 13.2. The van der Waals surface area contributed by atoms with Gasteiger partial charge in [-0.3, -0.25) is 0 Å². The maximum atomic E-state index is 13.1. The third-order valence-corrected chi connectivity index (χ3v) is 1.92. The molecule has 17 heavy (non-hydrogen) atoms. The number of pyridine rings is 1. The first-order chi connectivity index (χ1) is 7.76. The number of rotatable bonds is 3. The number of ether oxygens (including phenoxy) is 1. The van der Waals surface area contributed by atoms with Gasteiger partial charge in [-0.1, -0.05) is 0 Å². The van der Waals surface area contributed by atoms with Gasteiger partial charge >= 0.3 is 12.3 Å². The first-order valence-corrected chi connectivity index (χ1v) is 4.52. The summed E-state index contributed by atoms with van der Waals surface area (Å²) >= 11 is 5.26. The molecule has 0 aromatic carbocycles. The highest BCUT2D eigenvalue weighted by Crippen LogP contribution is 2.29. The first-order valence-electron chi connectivity index (χ1n) is 3.98. The van der Waals surface area contributed by atoms with Crippen molar-refractivity contribution in [1.82, 2.24) is 4.98 Å². The highest BCUT2D eigenvalue weighted by molar-refractivity contribution is 6.17. The van der Waals surface area contributed by atoms with Crippen LogP contribution in [0.15, 0.2) is 6.20 Å². The van der Waals surface area contributed by atoms with Gasteiger partial charge in [0.15, 0.2) is 5.82 Å². The Hall–Kier alpha value is -1.57. The van der Waals surface area contributed by atoms with Gasteiger partial charge in [0.05, 0.1) is 12.1 Å². The summed E-state index contributed by atoms with van der Waals surface area (Å²) in [5.41, 5.74) is -1.66. The van der Waals surface area contributed by atoms with Gasteiger partial charge in [-0.05, 0) is 0 Å². The molecule has 0 unspecified atom stereocenters. The number of hydrogen-bond acceptors (Lipinski definition) is 3. The van der Waals surface area contributed by atoms with Crippen molar-refractivity contribution < 1.29 is 32.2 Å². The van der Waals surface area contributed by atoms with E-state index in [1.807, 2.05) is 0 Å². The minimum Gasteiger partial charge on any atom is -0.478 e. The summed E-state index contributed by atoms with van der Waals surface area (Å²) in [5.74, 6) is -4.81. The van der Waals surface area contributed by atoms with E-state index >= 15 is 0 Å². The van der Waals surface area contributed by atoms with Crippen LogP contribution in [0.2, 0.25) is 0 Å². The molecule has 0 saturated carbocycles. The molecule has 0 radical (unpaired) electrons. The van der Waals surface area contributed by atoms with Gasteiger partial charge in [-0.2, -0.15) is 0 Å². The molecule has 0 aliphatic rings. The van der Waals surface area contributed by atoms with Crippen LogP contribution in [0, 0.1) is 5.82 Å². The summed E-state index contributed by atoms with van der Waals surface area (Å²) in [5, 5.41) is 8.64. The zero-order valence-electron chi connectivity index (χ0n) is 7.89. The van der Waals surface area contributed by atoms with E-state index in [2.05, 4.69) is 9.72 Å². The highest BCUT2D eigenvalue weighted by atomic mass is 35.5. The fourth-order valence-electron chi connectivity index (χ4n) is 1.06. The maximum absolute atomic E-state index is 13.1. The van der Waals surface area contributed by atoms with Gasteiger partial charge < -0.3 is 9.84 Å². The number of aromatic carboxylic acids is 1. The molecule has 1 aromatic rings. The van der Waals surface area contributed by atoms with Crippen LogP contribution in [0.25, 0.3) is 0 Å². The molecule has 9 heteroatoms. The molecule has 0 bridgehead atoms. The summed E-state index contributed by atoms with van der Waals surface area (Å²) in [6.45, 7) is 0. The molecule has 0 amide bonds. The van der Waals surface area contributed by atoms with Crippen molar-refractivity contribution in [3.63, 3.8) is 0 Å². The fraction of sp³-hybridized carbons (Fsp3) is 0.250. The smallest absolute Gasteiger partial charge is 0.478 e. The number of nitrogens with zero attached hydrogens (tertiary/aromatic N) is 1. The Morgan fingerprint density at radius 1 is 1.53 bits per heavy atom. The molecule has 0 spiro atoms. The van der Waals surface area contributed by atoms with Crippen LogP contribution in [0.5, 0.6) is 5.88 Å². The lowest BCUT2D eigenvalue weighted by molar-refractivity contribution is -0.276. The number of halogens is 5. The van der Waals surface area contributed by atoms with E-state index in [-0.39, 0.29) is 0 Å². The van der Waals surface area contributed by atoms with Crippen molar-refractivity contribution in [3.05, 3.63) is 23.1 Å². The van der Waals surface area contributed by atoms with Gasteiger partial charge in [0.25, 0.3) is 0 Å². The average Bonchev–Trinajstić information content (AvgIpc) is 2.17. The van der Waals surface area contributed by atoms with Crippen LogP contribution >= 0.6 is 11.6 Å². The Balaban J connectivity index is 3.33. The maximum Gasteiger partial charge on any atom is 0.574 e. The molecular weight excluding hydrogens is 270 g/mol. The normalized spacial score (nSPS) is 11.4. The van der Waals surface area contributed by atoms with Crippen LogP contribution < -0.4 is 4.74 Å². The summed E-state index contributed by atoms with van der Waals surface area (Å²) < 4.78 is 52.3. The third-order valence-electron chi connectivity index (χ3n) is 1.65. The molecular formula is C8H4ClF4NO3. The highest BCUT2D eigenvalue weighted by Gasteiger charge is 2.34. The predicted molar refractivity (Wildman–Crippen MR) is 47.4 cm³/mol. The van der Waals surface area contributed by atoms with E-state index in [0.29, 0.717) is 6.20 Å². The summed E-state index contributed by atoms with van der Waals surface area (Å²) in [4.78, 5) is 13.7. The molecule has 0 aliphatic carbocycles. The number of alkyl halides is 4. The van der Waals surface area contributed by atoms with E-state index in [1.165, 1.54) is 0 Å². The second kappa shape index (κ2) is 4.74. The molecule has 1 aromatic heterocycles. The van der Waals surface area contributed by atoms with E-state index in [4.69, 9.17) is 16.7 Å². The van der Waals surface area contributed by atoms with Crippen molar-refractivity contribution in [1.29, 1.82) is 0 Å². The third kappa shape index (κ3) is 3.19. The van der Waals surface area contributed by atoms with Crippen molar-refractivity contribution in [2.45, 2.75) is 12.2 Å². The van der Waals surface area contributed by atoms with E-state index in [1.54, 1.807) is 0 Å². The molecule has 1 N–H and O–H groups in total. The van der Waals surface area contributed by atoms with Gasteiger partial charge in [0, 0.05) is 5.56 Å². The second-order valence-electron chi connectivity index (χ2n) is 2.75. The summed E-state index contributed by atoms with van der Waals surface area (Å²) in [7, 11) is 0. The van der Waals surface area contributed by atoms with Gasteiger partial charge in [0.2, 0.25) is 5.88 Å². The summed E-state index contributed by atoms with van der Waals surface area (Å²) in [6, 6.07) is 0. The monoisotopic (exact) mass is 273 g/mol. The van der Waals surface area contributed by atoms with Gasteiger partial charge in [-0.25, -0.2) is 14.2 Å². The lowest BCUT2D eigenvalue weighted by atomic mass is 10.1. The Labute approximate surface area is 96.8 Å². The molecule has 94 valence electrons. The Morgan fingerprint density at radius 2 is 2.12 bits per heavy atom. The summed E-state index contributed by atoms with van der Waals surface area (Å²) in [6.07, 6.45) is -4.75. The minimum absolute atomic E-state index is 0.320. The Bertz CT molecular complexity index is 449. The zero-order valence-corrected chi connectivity index (χ0v) is 8.64. The van der Waals surface area contributed by atoms with E-state index in [0.717, 1.165) is 0 Å². The molecule has 0 saturated heterocycles. The Morgan fingerprint density at radius 3 is 2.53 bits per heavy atom. The lowest BCUT2D eigenvalue weighted by Gasteiger charge is -2.12. The molecule has 1 heterocycles. The number of hydrogen-bond donors (Lipinski definition) is 1. The standard InChI is InChI=1S/C8H4ClF4NO3/c9-1-3-5(7(15)16)4(10)2-14-6(3)17-8(11,12)13/h2H,1H2,(H,15,16). The second-order valence-corrected chi connectivity index (χ2v) is 3.02. The fourth-order valence-corrected chi connectivity index (χ4v) is 1.31. The van der Waals surface area contributed by atoms with E-state index < -0.39 is 41.0 Å². The topological polar surface area (TPSA) is 59.4 Å². The van der Waals surface area contributed by atoms with Crippen LogP contribution in [0.1, 0.15) is 15.9 Å². The largest absolute Gasteiger partial charge is 0.574 e. The number of aromatic nitrogens is 1. The van der Waals surface area contributed by atoms with Crippen LogP contribution in [0.3, 0.4) is 0 Å². The molecule has 4 nitrogen and oxygen atoms in total. The molecule has 0 aliphatic heterocycles. The predicted octanol–water partition coefficient (Wildman–Crippen LogP) is 2.56. The molecule has 1 rings (SSSR count). The van der Waals surface area contributed by atoms with Gasteiger partial charge in [0.1, 0.15) is 5.56 Å². The van der Waals surface area contributed by atoms with E-state index in [9.17, 15) is 22.4 Å². The SMILES string of the molecule is O=C(O)c1c(F)cnc(OC(F)(F)F)c1CCl. The number of carbonyl (C=O) groups is 1. The van der Waals surface area contributed by atoms with Gasteiger partial charge in [-0.15, -0.1) is 24.8 Å². The Kier molecular flexibility index (Phi) is 3.76. The van der Waals surface area contributed by atoms with Crippen molar-refractivity contribution >= 4 is 17.6 Å². The first kappa shape index (κ1) is 13.5. The minimum atomic E-state index is -5.07. The van der Waals surface area contributed by atoms with Crippen LogP contribution in [-0.4, -0.2) is 22.4 Å². The average molecular weight is 274 g/mol. The molecule has 0 fully saturated rings. The van der Waals surface area contributed by atoms with Crippen LogP contribution in [-0.2, 0) is 5.88 Å². The number of carboxylic acid groups (broad SMARTS) is 1. The number of carboxylic acids is 1. The van der Waals surface area contributed by atoms with Crippen molar-refractivity contribution in [3.8, 4) is 5.88 Å². The lowest BCUT2D eigenvalue weighted by Crippen LogP contribution is -2.20. The quantitative estimate of drug-likeness (QED) is 0.679.